The van der Waals surface area contributed by atoms with Crippen LogP contribution in [0, 0.1) is 0 Å². The molecule has 1 aromatic heterocycles. The molecule has 0 bridgehead atoms. The van der Waals surface area contributed by atoms with Gasteiger partial charge in [-0.05, 0) is 37.0 Å². The summed E-state index contributed by atoms with van der Waals surface area (Å²) in [5.41, 5.74) is 0.281. The molecular weight excluding hydrogens is 363 g/mol. The maximum atomic E-state index is 12.3. The largest absolute Gasteiger partial charge is 0.573 e. The van der Waals surface area contributed by atoms with Crippen molar-refractivity contribution in [2.75, 3.05) is 0 Å². The first kappa shape index (κ1) is 18.8. The van der Waals surface area contributed by atoms with E-state index in [0.29, 0.717) is 0 Å². The summed E-state index contributed by atoms with van der Waals surface area (Å²) in [6.07, 6.45) is -1.21. The van der Waals surface area contributed by atoms with E-state index in [9.17, 15) is 18.0 Å². The van der Waals surface area contributed by atoms with Crippen LogP contribution >= 0.6 is 11.6 Å². The highest BCUT2D eigenvalue weighted by molar-refractivity contribution is 6.31. The molecular formula is C15H14ClF3N3O3+. The van der Waals surface area contributed by atoms with Crippen molar-refractivity contribution in [2.45, 2.75) is 26.3 Å². The molecule has 0 unspecified atom stereocenters. The number of hydrogen-bond donors (Lipinski definition) is 1. The number of carbonyl (C=O) groups excluding carboxylic acids is 1. The van der Waals surface area contributed by atoms with Gasteiger partial charge >= 0.3 is 18.7 Å². The van der Waals surface area contributed by atoms with Gasteiger partial charge in [-0.25, -0.2) is 4.79 Å². The van der Waals surface area contributed by atoms with Gasteiger partial charge in [0.1, 0.15) is 11.9 Å². The molecule has 2 rings (SSSR count). The van der Waals surface area contributed by atoms with E-state index in [-0.39, 0.29) is 22.5 Å². The lowest BCUT2D eigenvalue weighted by molar-refractivity contribution is -0.630. The number of nitrogens with zero attached hydrogens (tertiary/aromatic N) is 2. The summed E-state index contributed by atoms with van der Waals surface area (Å²) in [6, 6.07) is 3.60. The lowest BCUT2D eigenvalue weighted by Gasteiger charge is -2.09. The molecule has 0 aliphatic carbocycles. The molecule has 0 radical (unpaired) electrons. The fourth-order valence-corrected chi connectivity index (χ4v) is 2.04. The van der Waals surface area contributed by atoms with Gasteiger partial charge in [0.05, 0.1) is 17.7 Å². The molecule has 0 saturated heterocycles. The second-order valence-corrected chi connectivity index (χ2v) is 5.57. The minimum Gasteiger partial charge on any atom is -0.460 e. The van der Waals surface area contributed by atoms with Crippen LogP contribution in [-0.2, 0) is 9.53 Å². The molecule has 1 aromatic carbocycles. The van der Waals surface area contributed by atoms with Crippen molar-refractivity contribution >= 4 is 23.8 Å². The number of esters is 1. The summed E-state index contributed by atoms with van der Waals surface area (Å²) in [7, 11) is 0. The summed E-state index contributed by atoms with van der Waals surface area (Å²) in [5.74, 6) is -0.771. The topological polar surface area (TPSA) is 68.1 Å². The van der Waals surface area contributed by atoms with Crippen molar-refractivity contribution in [2.24, 2.45) is 0 Å². The van der Waals surface area contributed by atoms with Gasteiger partial charge in [-0.1, -0.05) is 11.6 Å². The second-order valence-electron chi connectivity index (χ2n) is 5.14. The van der Waals surface area contributed by atoms with Crippen molar-refractivity contribution in [1.29, 1.82) is 0 Å². The Kier molecular flexibility index (Phi) is 5.68. The normalized spacial score (nSPS) is 12.0. The minimum absolute atomic E-state index is 0.0516. The second kappa shape index (κ2) is 7.56. The monoisotopic (exact) mass is 376 g/mol. The third kappa shape index (κ3) is 6.11. The average Bonchev–Trinajstić information content (AvgIpc) is 2.90. The molecule has 0 aliphatic heterocycles. The smallest absolute Gasteiger partial charge is 0.460 e. The van der Waals surface area contributed by atoms with Crippen LogP contribution in [0.4, 0.5) is 13.2 Å². The van der Waals surface area contributed by atoms with E-state index in [2.05, 4.69) is 14.8 Å². The van der Waals surface area contributed by atoms with Crippen LogP contribution in [0.1, 0.15) is 13.8 Å². The Morgan fingerprint density at radius 2 is 2.08 bits per heavy atom. The Bertz CT molecular complexity index is 788. The summed E-state index contributed by atoms with van der Waals surface area (Å²) >= 11 is 5.82. The van der Waals surface area contributed by atoms with E-state index in [1.54, 1.807) is 13.8 Å². The number of alkyl halides is 3. The SMILES string of the molecule is CC(C)OC(=O)C=C[n+]1cnc(-c2cc(Cl)cc(OC(F)(F)F)c2)[nH]1. The van der Waals surface area contributed by atoms with E-state index >= 15 is 0 Å². The predicted molar refractivity (Wildman–Crippen MR) is 82.5 cm³/mol. The first-order chi connectivity index (χ1) is 11.6. The zero-order chi connectivity index (χ0) is 18.6. The van der Waals surface area contributed by atoms with Crippen LogP contribution in [-0.4, -0.2) is 28.5 Å². The third-order valence-electron chi connectivity index (χ3n) is 2.65. The van der Waals surface area contributed by atoms with E-state index < -0.39 is 18.1 Å². The quantitative estimate of drug-likeness (QED) is 0.493. The van der Waals surface area contributed by atoms with Gasteiger partial charge in [0.2, 0.25) is 0 Å². The van der Waals surface area contributed by atoms with E-state index in [1.807, 2.05) is 0 Å². The molecule has 2 aromatic rings. The fraction of sp³-hybridized carbons (Fsp3) is 0.267. The zero-order valence-electron chi connectivity index (χ0n) is 13.2. The summed E-state index contributed by atoms with van der Waals surface area (Å²) in [4.78, 5) is 15.4. The van der Waals surface area contributed by atoms with E-state index in [4.69, 9.17) is 16.3 Å². The Hall–Kier alpha value is -2.55. The van der Waals surface area contributed by atoms with Crippen molar-refractivity contribution in [3.8, 4) is 17.1 Å². The number of aromatic amines is 1. The summed E-state index contributed by atoms with van der Waals surface area (Å²) < 4.78 is 47.1. The molecule has 0 spiro atoms. The van der Waals surface area contributed by atoms with Crippen molar-refractivity contribution in [1.82, 2.24) is 10.1 Å². The van der Waals surface area contributed by atoms with Crippen LogP contribution in [0.5, 0.6) is 5.75 Å². The lowest BCUT2D eigenvalue weighted by atomic mass is 10.2. The van der Waals surface area contributed by atoms with E-state index in [1.165, 1.54) is 29.4 Å². The summed E-state index contributed by atoms with van der Waals surface area (Å²) in [5, 5.41) is 2.82. The number of nitrogens with one attached hydrogen (secondary N) is 1. The van der Waals surface area contributed by atoms with Gasteiger partial charge in [-0.2, -0.15) is 5.10 Å². The first-order valence-corrected chi connectivity index (χ1v) is 7.42. The van der Waals surface area contributed by atoms with Gasteiger partial charge in [-0.15, -0.1) is 17.9 Å². The molecule has 0 amide bonds. The van der Waals surface area contributed by atoms with Crippen molar-refractivity contribution in [3.05, 3.63) is 35.6 Å². The van der Waals surface area contributed by atoms with Gasteiger partial charge < -0.3 is 9.47 Å². The average molecular weight is 377 g/mol. The van der Waals surface area contributed by atoms with Gasteiger partial charge in [0, 0.05) is 5.02 Å². The molecule has 1 N–H and O–H groups in total. The van der Waals surface area contributed by atoms with E-state index in [0.717, 1.165) is 12.1 Å². The van der Waals surface area contributed by atoms with Crippen LogP contribution in [0.15, 0.2) is 30.6 Å². The molecule has 6 nitrogen and oxygen atoms in total. The maximum absolute atomic E-state index is 12.3. The summed E-state index contributed by atoms with van der Waals surface area (Å²) in [6.45, 7) is 3.43. The number of ether oxygens (including phenoxy) is 2. The molecule has 25 heavy (non-hydrogen) atoms. The molecule has 0 atom stereocenters. The predicted octanol–water partition coefficient (Wildman–Crippen LogP) is 3.34. The van der Waals surface area contributed by atoms with Crippen molar-refractivity contribution < 1.29 is 32.1 Å². The number of aromatic nitrogens is 3. The number of carbonyl (C=O) groups is 1. The Balaban J connectivity index is 2.19. The highest BCUT2D eigenvalue weighted by Gasteiger charge is 2.31. The zero-order valence-corrected chi connectivity index (χ0v) is 13.9. The molecule has 0 aliphatic rings. The molecule has 1 heterocycles. The molecule has 0 saturated carbocycles. The number of hydrogen-bond acceptors (Lipinski definition) is 4. The van der Waals surface area contributed by atoms with Crippen LogP contribution in [0.25, 0.3) is 17.6 Å². The number of H-pyrrole nitrogens is 1. The van der Waals surface area contributed by atoms with Crippen LogP contribution < -0.4 is 9.42 Å². The lowest BCUT2D eigenvalue weighted by Crippen LogP contribution is -2.27. The van der Waals surface area contributed by atoms with Gasteiger partial charge in [0.25, 0.3) is 5.82 Å². The van der Waals surface area contributed by atoms with Gasteiger partial charge in [-0.3, -0.25) is 0 Å². The fourth-order valence-electron chi connectivity index (χ4n) is 1.82. The molecule has 134 valence electrons. The Morgan fingerprint density at radius 1 is 1.36 bits per heavy atom. The van der Waals surface area contributed by atoms with Crippen molar-refractivity contribution in [3.63, 3.8) is 0 Å². The first-order valence-electron chi connectivity index (χ1n) is 7.04. The van der Waals surface area contributed by atoms with Crippen LogP contribution in [0.2, 0.25) is 5.02 Å². The molecule has 10 heteroatoms. The standard InChI is InChI=1S/C15H13ClF3N3O3/c1-9(2)24-13(23)3-4-22-8-20-14(21-22)10-5-11(16)7-12(6-10)25-15(17,18)19/h3-9H,1-2H3/p+1. The van der Waals surface area contributed by atoms with Crippen LogP contribution in [0.3, 0.4) is 0 Å². The maximum Gasteiger partial charge on any atom is 0.573 e. The number of halogens is 4. The highest BCUT2D eigenvalue weighted by Crippen LogP contribution is 2.30. The highest BCUT2D eigenvalue weighted by atomic mass is 35.5. The number of benzene rings is 1. The Morgan fingerprint density at radius 3 is 2.72 bits per heavy atom. The molecule has 0 fully saturated rings. The minimum atomic E-state index is -4.83. The Labute approximate surface area is 145 Å². The van der Waals surface area contributed by atoms with Gasteiger partial charge in [0.15, 0.2) is 0 Å². The number of rotatable bonds is 5. The third-order valence-corrected chi connectivity index (χ3v) is 2.87.